The molecule has 1 saturated heterocycles. The Morgan fingerprint density at radius 2 is 2.03 bits per heavy atom. The smallest absolute Gasteiger partial charge is 0.319 e. The monoisotopic (exact) mass is 413 g/mol. The maximum atomic E-state index is 12.8. The average molecular weight is 414 g/mol. The highest BCUT2D eigenvalue weighted by Gasteiger charge is 2.25. The zero-order valence-corrected chi connectivity index (χ0v) is 17.7. The first-order chi connectivity index (χ1) is 14.0. The van der Waals surface area contributed by atoms with E-state index < -0.39 is 0 Å². The topological polar surface area (TPSA) is 79.3 Å². The van der Waals surface area contributed by atoms with E-state index in [0.717, 1.165) is 55.0 Å². The normalized spacial score (nSPS) is 18.8. The first kappa shape index (κ1) is 19.8. The van der Waals surface area contributed by atoms with Crippen LogP contribution in [0.1, 0.15) is 46.1 Å². The molecule has 0 saturated carbocycles. The summed E-state index contributed by atoms with van der Waals surface area (Å²) >= 11 is 1.87. The molecule has 7 nitrogen and oxygen atoms in total. The van der Waals surface area contributed by atoms with Crippen molar-refractivity contribution in [2.24, 2.45) is 7.05 Å². The first-order valence-corrected chi connectivity index (χ1v) is 11.2. The fourth-order valence-corrected chi connectivity index (χ4v) is 4.91. The predicted octanol–water partition coefficient (Wildman–Crippen LogP) is 3.12. The lowest BCUT2D eigenvalue weighted by molar-refractivity contribution is 0.0772. The zero-order valence-electron chi connectivity index (χ0n) is 16.9. The van der Waals surface area contributed by atoms with Gasteiger partial charge in [0.05, 0.1) is 12.2 Å². The first-order valence-electron chi connectivity index (χ1n) is 10.1. The van der Waals surface area contributed by atoms with Crippen molar-refractivity contribution in [2.45, 2.75) is 32.2 Å². The fraction of sp³-hybridized carbons (Fsp3) is 0.476. The van der Waals surface area contributed by atoms with Gasteiger partial charge >= 0.3 is 6.03 Å². The molecule has 2 heterocycles. The average Bonchev–Trinajstić information content (AvgIpc) is 3.12. The maximum Gasteiger partial charge on any atom is 0.319 e. The Bertz CT molecular complexity index is 920. The molecule has 4 rings (SSSR count). The summed E-state index contributed by atoms with van der Waals surface area (Å²) in [7, 11) is 1.94. The maximum absolute atomic E-state index is 12.8. The molecule has 2 N–H and O–H groups in total. The van der Waals surface area contributed by atoms with Gasteiger partial charge in [-0.25, -0.2) is 4.79 Å². The standard InChI is InChI=1S/C21H27N5O2S/c1-14-6-7-15(20(27)26-8-10-29-11-9-26)12-18(14)24-21(28)23-17-4-3-5-19-16(17)13-22-25(19)2/h6-7,12-13,17H,3-5,8-11H2,1-2H3,(H2,23,24,28). The van der Waals surface area contributed by atoms with Gasteiger partial charge in [-0.3, -0.25) is 9.48 Å². The number of nitrogens with one attached hydrogen (secondary N) is 2. The van der Waals surface area contributed by atoms with Gasteiger partial charge in [0.25, 0.3) is 5.91 Å². The molecule has 1 fully saturated rings. The molecule has 0 spiro atoms. The van der Waals surface area contributed by atoms with E-state index in [9.17, 15) is 9.59 Å². The summed E-state index contributed by atoms with van der Waals surface area (Å²) in [5, 5.41) is 10.3. The quantitative estimate of drug-likeness (QED) is 0.810. The molecule has 2 aromatic rings. The molecule has 1 aliphatic heterocycles. The highest BCUT2D eigenvalue weighted by Crippen LogP contribution is 2.29. The van der Waals surface area contributed by atoms with E-state index in [4.69, 9.17) is 0 Å². The molecule has 0 radical (unpaired) electrons. The molecule has 1 unspecified atom stereocenters. The van der Waals surface area contributed by atoms with E-state index in [-0.39, 0.29) is 18.0 Å². The third-order valence-corrected chi connectivity index (χ3v) is 6.65. The van der Waals surface area contributed by atoms with Crippen molar-refractivity contribution >= 4 is 29.4 Å². The highest BCUT2D eigenvalue weighted by atomic mass is 32.2. The fourth-order valence-electron chi connectivity index (χ4n) is 4.01. The van der Waals surface area contributed by atoms with Crippen LogP contribution in [0, 0.1) is 6.92 Å². The summed E-state index contributed by atoms with van der Waals surface area (Å²) < 4.78 is 1.89. The molecule has 1 aliphatic carbocycles. The summed E-state index contributed by atoms with van der Waals surface area (Å²) in [4.78, 5) is 27.4. The van der Waals surface area contributed by atoms with Crippen molar-refractivity contribution in [3.8, 4) is 0 Å². The van der Waals surface area contributed by atoms with E-state index in [1.54, 1.807) is 6.07 Å². The molecule has 1 aromatic carbocycles. The van der Waals surface area contributed by atoms with E-state index in [2.05, 4.69) is 15.7 Å². The molecule has 154 valence electrons. The number of anilines is 1. The number of thioether (sulfide) groups is 1. The molecule has 8 heteroatoms. The van der Waals surface area contributed by atoms with Crippen molar-refractivity contribution in [3.63, 3.8) is 0 Å². The number of carbonyl (C=O) groups is 2. The zero-order chi connectivity index (χ0) is 20.4. The Labute approximate surface area is 175 Å². The van der Waals surface area contributed by atoms with Gasteiger partial charge in [-0.1, -0.05) is 6.07 Å². The molecule has 1 aromatic heterocycles. The van der Waals surface area contributed by atoms with Crippen LogP contribution in [0.4, 0.5) is 10.5 Å². The lowest BCUT2D eigenvalue weighted by atomic mass is 9.93. The highest BCUT2D eigenvalue weighted by molar-refractivity contribution is 7.99. The van der Waals surface area contributed by atoms with Gasteiger partial charge in [0.15, 0.2) is 0 Å². The minimum Gasteiger partial charge on any atom is -0.337 e. The second kappa shape index (κ2) is 8.49. The van der Waals surface area contributed by atoms with E-state index in [1.165, 1.54) is 5.69 Å². The van der Waals surface area contributed by atoms with Crippen LogP contribution in [0.15, 0.2) is 24.4 Å². The second-order valence-electron chi connectivity index (χ2n) is 7.65. The van der Waals surface area contributed by atoms with Crippen molar-refractivity contribution in [1.82, 2.24) is 20.0 Å². The lowest BCUT2D eigenvalue weighted by Gasteiger charge is -2.27. The Morgan fingerprint density at radius 1 is 1.24 bits per heavy atom. The van der Waals surface area contributed by atoms with Crippen molar-refractivity contribution in [3.05, 3.63) is 46.8 Å². The second-order valence-corrected chi connectivity index (χ2v) is 8.87. The third-order valence-electron chi connectivity index (χ3n) is 5.71. The predicted molar refractivity (Wildman–Crippen MR) is 115 cm³/mol. The largest absolute Gasteiger partial charge is 0.337 e. The minimum atomic E-state index is -0.256. The van der Waals surface area contributed by atoms with Crippen molar-refractivity contribution < 1.29 is 9.59 Å². The molecule has 3 amide bonds. The summed E-state index contributed by atoms with van der Waals surface area (Å²) in [6.07, 6.45) is 4.76. The Balaban J connectivity index is 1.45. The Kier molecular flexibility index (Phi) is 5.80. The number of amides is 3. The number of fused-ring (bicyclic) bond motifs is 1. The van der Waals surface area contributed by atoms with Gasteiger partial charge in [-0.15, -0.1) is 0 Å². The number of rotatable bonds is 3. The van der Waals surface area contributed by atoms with Crippen LogP contribution in [-0.2, 0) is 13.5 Å². The number of hydrogen-bond donors (Lipinski definition) is 2. The lowest BCUT2D eigenvalue weighted by Crippen LogP contribution is -2.38. The van der Waals surface area contributed by atoms with E-state index >= 15 is 0 Å². The van der Waals surface area contributed by atoms with Crippen molar-refractivity contribution in [2.75, 3.05) is 29.9 Å². The van der Waals surface area contributed by atoms with Crippen LogP contribution in [0.2, 0.25) is 0 Å². The van der Waals surface area contributed by atoms with Gasteiger partial charge in [-0.2, -0.15) is 16.9 Å². The van der Waals surface area contributed by atoms with E-state index in [1.807, 2.05) is 53.6 Å². The summed E-state index contributed by atoms with van der Waals surface area (Å²) in [6.45, 7) is 3.48. The van der Waals surface area contributed by atoms with Gasteiger partial charge in [0, 0.05) is 54.2 Å². The van der Waals surface area contributed by atoms with Crippen LogP contribution >= 0.6 is 11.8 Å². The molecule has 0 bridgehead atoms. The number of hydrogen-bond acceptors (Lipinski definition) is 4. The molecule has 1 atom stereocenters. The van der Waals surface area contributed by atoms with E-state index in [0.29, 0.717) is 11.3 Å². The number of benzene rings is 1. The van der Waals surface area contributed by atoms with Gasteiger partial charge in [-0.05, 0) is 43.9 Å². The Morgan fingerprint density at radius 3 is 2.83 bits per heavy atom. The summed E-state index contributed by atoms with van der Waals surface area (Å²) in [5.74, 6) is 1.98. The minimum absolute atomic E-state index is 0.0287. The van der Waals surface area contributed by atoms with Crippen molar-refractivity contribution in [1.29, 1.82) is 0 Å². The molecular formula is C21H27N5O2S. The van der Waals surface area contributed by atoms with Crippen LogP contribution in [0.3, 0.4) is 0 Å². The van der Waals surface area contributed by atoms with Gasteiger partial charge in [0.1, 0.15) is 0 Å². The van der Waals surface area contributed by atoms with Crippen LogP contribution in [0.5, 0.6) is 0 Å². The molecular weight excluding hydrogens is 386 g/mol. The van der Waals surface area contributed by atoms with Gasteiger partial charge in [0.2, 0.25) is 0 Å². The van der Waals surface area contributed by atoms with Crippen LogP contribution in [0.25, 0.3) is 0 Å². The molecule has 2 aliphatic rings. The van der Waals surface area contributed by atoms with Gasteiger partial charge < -0.3 is 15.5 Å². The number of urea groups is 1. The number of nitrogens with zero attached hydrogens (tertiary/aromatic N) is 3. The number of aromatic nitrogens is 2. The van der Waals surface area contributed by atoms with Crippen LogP contribution < -0.4 is 10.6 Å². The third kappa shape index (κ3) is 4.27. The van der Waals surface area contributed by atoms with Crippen LogP contribution in [-0.4, -0.2) is 51.2 Å². The number of carbonyl (C=O) groups excluding carboxylic acids is 2. The Hall–Kier alpha value is -2.48. The number of aryl methyl sites for hydroxylation is 2. The SMILES string of the molecule is Cc1ccc(C(=O)N2CCSCC2)cc1NC(=O)NC1CCCc2c1cnn2C. The molecule has 29 heavy (non-hydrogen) atoms. The summed E-state index contributed by atoms with van der Waals surface area (Å²) in [6, 6.07) is 5.22. The summed E-state index contributed by atoms with van der Waals surface area (Å²) in [5.41, 5.74) is 4.49.